The van der Waals surface area contributed by atoms with Crippen molar-refractivity contribution in [2.24, 2.45) is 7.05 Å². The molecule has 0 radical (unpaired) electrons. The van der Waals surface area contributed by atoms with Gasteiger partial charge in [-0.1, -0.05) is 54.1 Å². The third kappa shape index (κ3) is 3.75. The van der Waals surface area contributed by atoms with Crippen LogP contribution in [-0.2, 0) is 7.05 Å². The zero-order valence-electron chi connectivity index (χ0n) is 18.5. The molecule has 0 aliphatic heterocycles. The summed E-state index contributed by atoms with van der Waals surface area (Å²) in [6, 6.07) is 18.7. The Morgan fingerprint density at radius 3 is 2.50 bits per heavy atom. The number of carbonyl (C=O) groups is 1. The van der Waals surface area contributed by atoms with Crippen LogP contribution in [0.5, 0.6) is 5.75 Å². The predicted molar refractivity (Wildman–Crippen MR) is 126 cm³/mol. The quantitative estimate of drug-likeness (QED) is 0.512. The summed E-state index contributed by atoms with van der Waals surface area (Å²) in [5, 5.41) is 3.69. The smallest absolute Gasteiger partial charge is 0.277 e. The van der Waals surface area contributed by atoms with Crippen molar-refractivity contribution in [3.63, 3.8) is 0 Å². The van der Waals surface area contributed by atoms with Crippen molar-refractivity contribution in [1.82, 2.24) is 14.9 Å². The van der Waals surface area contributed by atoms with Gasteiger partial charge >= 0.3 is 0 Å². The number of pyridine rings is 2. The van der Waals surface area contributed by atoms with Crippen LogP contribution >= 0.6 is 0 Å². The summed E-state index contributed by atoms with van der Waals surface area (Å²) in [6.45, 7) is 3.90. The normalized spacial score (nSPS) is 11.9. The van der Waals surface area contributed by atoms with Gasteiger partial charge in [-0.3, -0.25) is 14.6 Å². The van der Waals surface area contributed by atoms with Crippen molar-refractivity contribution < 1.29 is 9.53 Å². The highest BCUT2D eigenvalue weighted by molar-refractivity contribution is 6.07. The molecule has 32 heavy (non-hydrogen) atoms. The van der Waals surface area contributed by atoms with E-state index in [0.29, 0.717) is 27.9 Å². The molecule has 0 spiro atoms. The Morgan fingerprint density at radius 2 is 1.78 bits per heavy atom. The first-order chi connectivity index (χ1) is 15.4. The van der Waals surface area contributed by atoms with E-state index in [-0.39, 0.29) is 17.5 Å². The first-order valence-electron chi connectivity index (χ1n) is 10.4. The molecule has 2 aromatic carbocycles. The SMILES string of the molecule is COc1ccccc1C(C)NC(=O)c1c(-c2ccc(C)cc2)c2cccnc2c(=O)n1C. The number of ether oxygens (including phenoxy) is 1. The topological polar surface area (TPSA) is 73.2 Å². The summed E-state index contributed by atoms with van der Waals surface area (Å²) in [7, 11) is 3.21. The average molecular weight is 428 g/mol. The third-order valence-electron chi connectivity index (χ3n) is 5.66. The van der Waals surface area contributed by atoms with Crippen molar-refractivity contribution in [1.29, 1.82) is 0 Å². The van der Waals surface area contributed by atoms with Gasteiger partial charge in [0.15, 0.2) is 0 Å². The lowest BCUT2D eigenvalue weighted by Gasteiger charge is -2.21. The second kappa shape index (κ2) is 8.67. The fourth-order valence-corrected chi connectivity index (χ4v) is 3.98. The molecule has 1 N–H and O–H groups in total. The molecule has 6 nitrogen and oxygen atoms in total. The summed E-state index contributed by atoms with van der Waals surface area (Å²) in [5.74, 6) is 0.347. The van der Waals surface area contributed by atoms with Gasteiger partial charge < -0.3 is 14.6 Å². The number of hydrogen-bond acceptors (Lipinski definition) is 4. The number of benzene rings is 2. The number of nitrogens with one attached hydrogen (secondary N) is 1. The molecule has 4 rings (SSSR count). The van der Waals surface area contributed by atoms with Crippen LogP contribution in [-0.4, -0.2) is 22.6 Å². The second-order valence-electron chi connectivity index (χ2n) is 7.79. The van der Waals surface area contributed by atoms with Crippen LogP contribution in [0.2, 0.25) is 0 Å². The van der Waals surface area contributed by atoms with E-state index in [9.17, 15) is 9.59 Å². The van der Waals surface area contributed by atoms with Crippen molar-refractivity contribution in [2.45, 2.75) is 19.9 Å². The van der Waals surface area contributed by atoms with E-state index in [4.69, 9.17) is 4.74 Å². The number of methoxy groups -OCH3 is 1. The third-order valence-corrected chi connectivity index (χ3v) is 5.66. The molecule has 6 heteroatoms. The molecular weight excluding hydrogens is 402 g/mol. The summed E-state index contributed by atoms with van der Waals surface area (Å²) in [6.07, 6.45) is 1.59. The molecule has 0 aliphatic carbocycles. The molecular formula is C26H25N3O3. The number of nitrogens with zero attached hydrogens (tertiary/aromatic N) is 2. The van der Waals surface area contributed by atoms with E-state index < -0.39 is 0 Å². The maximum Gasteiger partial charge on any atom is 0.277 e. The summed E-state index contributed by atoms with van der Waals surface area (Å²) >= 11 is 0. The van der Waals surface area contributed by atoms with Crippen LogP contribution in [0.4, 0.5) is 0 Å². The van der Waals surface area contributed by atoms with Gasteiger partial charge in [0.2, 0.25) is 0 Å². The number of amides is 1. The molecule has 2 aromatic heterocycles. The maximum atomic E-state index is 13.6. The Hall–Kier alpha value is -3.93. The van der Waals surface area contributed by atoms with Crippen molar-refractivity contribution >= 4 is 16.8 Å². The zero-order chi connectivity index (χ0) is 22.8. The highest BCUT2D eigenvalue weighted by Gasteiger charge is 2.24. The summed E-state index contributed by atoms with van der Waals surface area (Å²) < 4.78 is 6.83. The Bertz CT molecular complexity index is 1360. The van der Waals surface area contributed by atoms with Crippen LogP contribution in [0.3, 0.4) is 0 Å². The van der Waals surface area contributed by atoms with Crippen LogP contribution in [0.25, 0.3) is 22.0 Å². The molecule has 162 valence electrons. The molecule has 1 amide bonds. The highest BCUT2D eigenvalue weighted by Crippen LogP contribution is 2.31. The molecule has 0 bridgehead atoms. The van der Waals surface area contributed by atoms with Crippen molar-refractivity contribution in [2.75, 3.05) is 7.11 Å². The van der Waals surface area contributed by atoms with Gasteiger partial charge in [-0.15, -0.1) is 0 Å². The van der Waals surface area contributed by atoms with E-state index in [1.54, 1.807) is 26.4 Å². The van der Waals surface area contributed by atoms with Crippen molar-refractivity contribution in [3.05, 3.63) is 94.0 Å². The zero-order valence-corrected chi connectivity index (χ0v) is 18.5. The summed E-state index contributed by atoms with van der Waals surface area (Å²) in [5.41, 5.74) is 3.80. The monoisotopic (exact) mass is 427 g/mol. The fourth-order valence-electron chi connectivity index (χ4n) is 3.98. The van der Waals surface area contributed by atoms with Gasteiger partial charge in [-0.05, 0) is 31.5 Å². The molecule has 2 heterocycles. The minimum absolute atomic E-state index is 0.293. The highest BCUT2D eigenvalue weighted by atomic mass is 16.5. The first-order valence-corrected chi connectivity index (χ1v) is 10.4. The Labute approximate surface area is 186 Å². The maximum absolute atomic E-state index is 13.6. The van der Waals surface area contributed by atoms with Gasteiger partial charge in [0.25, 0.3) is 11.5 Å². The molecule has 0 saturated heterocycles. The van der Waals surface area contributed by atoms with E-state index in [1.165, 1.54) is 4.57 Å². The molecule has 1 unspecified atom stereocenters. The minimum atomic E-state index is -0.343. The van der Waals surface area contributed by atoms with Gasteiger partial charge in [0.1, 0.15) is 17.0 Å². The molecule has 0 fully saturated rings. The number of aromatic nitrogens is 2. The lowest BCUT2D eigenvalue weighted by molar-refractivity contribution is 0.0931. The number of carbonyl (C=O) groups excluding carboxylic acids is 1. The number of aryl methyl sites for hydroxylation is 1. The van der Waals surface area contributed by atoms with E-state index in [2.05, 4.69) is 10.3 Å². The minimum Gasteiger partial charge on any atom is -0.496 e. The molecule has 1 atom stereocenters. The predicted octanol–water partition coefficient (Wildman–Crippen LogP) is 4.41. The van der Waals surface area contributed by atoms with Crippen LogP contribution in [0.1, 0.15) is 34.6 Å². The summed E-state index contributed by atoms with van der Waals surface area (Å²) in [4.78, 5) is 30.9. The largest absolute Gasteiger partial charge is 0.496 e. The lowest BCUT2D eigenvalue weighted by Crippen LogP contribution is -2.34. The van der Waals surface area contributed by atoms with Crippen LogP contribution in [0.15, 0.2) is 71.7 Å². The van der Waals surface area contributed by atoms with Gasteiger partial charge in [0.05, 0.1) is 13.2 Å². The lowest BCUT2D eigenvalue weighted by atomic mass is 9.97. The number of fused-ring (bicyclic) bond motifs is 1. The second-order valence-corrected chi connectivity index (χ2v) is 7.79. The number of rotatable bonds is 5. The van der Waals surface area contributed by atoms with E-state index in [0.717, 1.165) is 16.7 Å². The molecule has 4 aromatic rings. The van der Waals surface area contributed by atoms with Crippen molar-refractivity contribution in [3.8, 4) is 16.9 Å². The Kier molecular flexibility index (Phi) is 5.77. The van der Waals surface area contributed by atoms with Crippen LogP contribution < -0.4 is 15.6 Å². The number of para-hydroxylation sites is 1. The first kappa shape index (κ1) is 21.3. The van der Waals surface area contributed by atoms with Crippen LogP contribution in [0, 0.1) is 6.92 Å². The standard InChI is InChI=1S/C26H25N3O3/c1-16-11-13-18(14-12-16)22-20-9-7-15-27-23(20)26(31)29(3)24(22)25(30)28-17(2)19-8-5-6-10-21(19)32-4/h5-15,17H,1-4H3,(H,28,30). The molecule has 0 aliphatic rings. The molecule has 0 saturated carbocycles. The van der Waals surface area contributed by atoms with Gasteiger partial charge in [-0.25, -0.2) is 0 Å². The average Bonchev–Trinajstić information content (AvgIpc) is 2.81. The Morgan fingerprint density at radius 1 is 1.06 bits per heavy atom. The fraction of sp³-hybridized carbons (Fsp3) is 0.192. The van der Waals surface area contributed by atoms with E-state index >= 15 is 0 Å². The Balaban J connectivity index is 1.89. The number of hydrogen-bond donors (Lipinski definition) is 1. The van der Waals surface area contributed by atoms with E-state index in [1.807, 2.05) is 68.4 Å². The van der Waals surface area contributed by atoms with Gasteiger partial charge in [-0.2, -0.15) is 0 Å². The van der Waals surface area contributed by atoms with Gasteiger partial charge in [0, 0.05) is 29.8 Å².